The molecule has 3 rings (SSSR count). The van der Waals surface area contributed by atoms with Crippen molar-refractivity contribution in [1.29, 1.82) is 0 Å². The Labute approximate surface area is 174 Å². The minimum Gasteiger partial charge on any atom is -0.453 e. The Hall–Kier alpha value is -3.34. The van der Waals surface area contributed by atoms with Gasteiger partial charge in [0.25, 0.3) is 5.91 Å². The van der Waals surface area contributed by atoms with Crippen LogP contribution in [0.3, 0.4) is 0 Å². The van der Waals surface area contributed by atoms with Crippen LogP contribution in [-0.2, 0) is 15.7 Å². The van der Waals surface area contributed by atoms with Crippen LogP contribution in [-0.4, -0.2) is 45.4 Å². The second-order valence-corrected chi connectivity index (χ2v) is 6.67. The van der Waals surface area contributed by atoms with E-state index < -0.39 is 29.6 Å². The van der Waals surface area contributed by atoms with Gasteiger partial charge in [-0.1, -0.05) is 0 Å². The highest BCUT2D eigenvalue weighted by Gasteiger charge is 2.32. The number of nitrogens with zero attached hydrogens (tertiary/aromatic N) is 1. The summed E-state index contributed by atoms with van der Waals surface area (Å²) in [4.78, 5) is 25.9. The van der Waals surface area contributed by atoms with Crippen LogP contribution in [0.1, 0.15) is 15.9 Å². The molecule has 1 heterocycles. The van der Waals surface area contributed by atoms with Gasteiger partial charge >= 0.3 is 12.3 Å². The van der Waals surface area contributed by atoms with Gasteiger partial charge in [-0.15, -0.1) is 0 Å². The van der Waals surface area contributed by atoms with E-state index in [1.807, 2.05) is 4.90 Å². The molecule has 7 nitrogen and oxygen atoms in total. The molecule has 0 atom stereocenters. The molecule has 0 bridgehead atoms. The fourth-order valence-electron chi connectivity index (χ4n) is 3.02. The van der Waals surface area contributed by atoms with E-state index >= 15 is 0 Å². The van der Waals surface area contributed by atoms with Gasteiger partial charge in [0.2, 0.25) is 0 Å². The average Bonchev–Trinajstić information content (AvgIpc) is 2.73. The molecule has 2 N–H and O–H groups in total. The Balaban J connectivity index is 1.87. The summed E-state index contributed by atoms with van der Waals surface area (Å²) in [7, 11) is 1.05. The Kier molecular flexibility index (Phi) is 6.64. The molecule has 31 heavy (non-hydrogen) atoms. The summed E-state index contributed by atoms with van der Waals surface area (Å²) in [6, 6.07) is 6.25. The van der Waals surface area contributed by atoms with Gasteiger partial charge in [-0.3, -0.25) is 10.1 Å². The van der Waals surface area contributed by atoms with Crippen molar-refractivity contribution in [2.24, 2.45) is 0 Å². The highest BCUT2D eigenvalue weighted by atomic mass is 19.4. The Morgan fingerprint density at radius 2 is 1.68 bits per heavy atom. The molecule has 2 aromatic rings. The van der Waals surface area contributed by atoms with Crippen molar-refractivity contribution in [3.05, 3.63) is 53.3 Å². The van der Waals surface area contributed by atoms with Crippen LogP contribution in [0.2, 0.25) is 0 Å². The molecule has 11 heteroatoms. The molecule has 0 unspecified atom stereocenters. The average molecular weight is 441 g/mol. The maximum atomic E-state index is 14.1. The Bertz CT molecular complexity index is 975. The fourth-order valence-corrected chi connectivity index (χ4v) is 3.02. The van der Waals surface area contributed by atoms with Crippen LogP contribution >= 0.6 is 0 Å². The monoisotopic (exact) mass is 441 g/mol. The number of amides is 2. The van der Waals surface area contributed by atoms with Crippen molar-refractivity contribution in [2.75, 3.05) is 48.9 Å². The third kappa shape index (κ3) is 5.85. The van der Waals surface area contributed by atoms with E-state index in [2.05, 4.69) is 15.4 Å². The standard InChI is InChI=1S/C20H19F4N3O4/c1-30-19(29)26-15-7-12(6-13(8-15)20(22,23)24)18(28)25-16-9-14(21)10-17(11-16)27-2-4-31-5-3-27/h6-11H,2-5H2,1H3,(H,25,28)(H,26,29). The number of methoxy groups -OCH3 is 1. The van der Waals surface area contributed by atoms with Gasteiger partial charge in [-0.05, 0) is 36.4 Å². The molecule has 0 spiro atoms. The van der Waals surface area contributed by atoms with E-state index in [1.54, 1.807) is 0 Å². The molecule has 1 aliphatic heterocycles. The maximum absolute atomic E-state index is 14.1. The number of anilines is 3. The Morgan fingerprint density at radius 1 is 1.00 bits per heavy atom. The number of alkyl halides is 3. The second kappa shape index (κ2) is 9.21. The first-order valence-electron chi connectivity index (χ1n) is 9.17. The van der Waals surface area contributed by atoms with Gasteiger partial charge in [0.1, 0.15) is 5.82 Å². The van der Waals surface area contributed by atoms with Crippen LogP contribution in [0.4, 0.5) is 39.4 Å². The van der Waals surface area contributed by atoms with Gasteiger partial charge in [0.15, 0.2) is 0 Å². The molecule has 0 saturated carbocycles. The number of carbonyl (C=O) groups excluding carboxylic acids is 2. The third-order valence-electron chi connectivity index (χ3n) is 4.47. The van der Waals surface area contributed by atoms with Gasteiger partial charge in [0.05, 0.1) is 25.9 Å². The number of hydrogen-bond donors (Lipinski definition) is 2. The number of morpholine rings is 1. The minimum atomic E-state index is -4.76. The molecule has 0 aliphatic carbocycles. The molecule has 0 radical (unpaired) electrons. The van der Waals surface area contributed by atoms with Crippen LogP contribution in [0.25, 0.3) is 0 Å². The highest BCUT2D eigenvalue weighted by molar-refractivity contribution is 6.05. The largest absolute Gasteiger partial charge is 0.453 e. The summed E-state index contributed by atoms with van der Waals surface area (Å²) in [5.41, 5.74) is -1.21. The molecular formula is C20H19F4N3O4. The molecule has 166 valence electrons. The molecule has 2 aromatic carbocycles. The van der Waals surface area contributed by atoms with Crippen LogP contribution in [0, 0.1) is 5.82 Å². The zero-order valence-corrected chi connectivity index (χ0v) is 16.4. The smallest absolute Gasteiger partial charge is 0.416 e. The van der Waals surface area contributed by atoms with E-state index in [0.29, 0.717) is 44.1 Å². The number of rotatable bonds is 4. The van der Waals surface area contributed by atoms with E-state index in [-0.39, 0.29) is 16.9 Å². The summed E-state index contributed by atoms with van der Waals surface area (Å²) in [6.45, 7) is 2.01. The minimum absolute atomic E-state index is 0.0754. The third-order valence-corrected chi connectivity index (χ3v) is 4.47. The number of nitrogens with one attached hydrogen (secondary N) is 2. The first-order valence-corrected chi connectivity index (χ1v) is 9.17. The summed E-state index contributed by atoms with van der Waals surface area (Å²) in [5, 5.41) is 4.51. The molecule has 1 aliphatic rings. The van der Waals surface area contributed by atoms with Crippen LogP contribution in [0.15, 0.2) is 36.4 Å². The maximum Gasteiger partial charge on any atom is 0.416 e. The predicted octanol–water partition coefficient (Wildman–Crippen LogP) is 4.11. The fraction of sp³-hybridized carbons (Fsp3) is 0.300. The normalized spacial score (nSPS) is 14.2. The lowest BCUT2D eigenvalue weighted by Gasteiger charge is -2.29. The van der Waals surface area contributed by atoms with Crippen molar-refractivity contribution < 1.29 is 36.6 Å². The van der Waals surface area contributed by atoms with E-state index in [9.17, 15) is 27.2 Å². The summed E-state index contributed by atoms with van der Waals surface area (Å²) < 4.78 is 63.4. The van der Waals surface area contributed by atoms with Crippen molar-refractivity contribution in [3.8, 4) is 0 Å². The molecule has 0 aromatic heterocycles. The summed E-state index contributed by atoms with van der Waals surface area (Å²) >= 11 is 0. The number of hydrogen-bond acceptors (Lipinski definition) is 5. The molecule has 2 amide bonds. The predicted molar refractivity (Wildman–Crippen MR) is 105 cm³/mol. The van der Waals surface area contributed by atoms with Crippen molar-refractivity contribution in [1.82, 2.24) is 0 Å². The number of ether oxygens (including phenoxy) is 2. The zero-order valence-electron chi connectivity index (χ0n) is 16.4. The lowest BCUT2D eigenvalue weighted by atomic mass is 10.1. The quantitative estimate of drug-likeness (QED) is 0.699. The van der Waals surface area contributed by atoms with E-state index in [4.69, 9.17) is 4.74 Å². The van der Waals surface area contributed by atoms with Gasteiger partial charge in [0, 0.05) is 35.7 Å². The van der Waals surface area contributed by atoms with E-state index in [0.717, 1.165) is 19.2 Å². The highest BCUT2D eigenvalue weighted by Crippen LogP contribution is 2.32. The first-order chi connectivity index (χ1) is 14.7. The molecular weight excluding hydrogens is 422 g/mol. The topological polar surface area (TPSA) is 79.9 Å². The summed E-state index contributed by atoms with van der Waals surface area (Å²) in [6.07, 6.45) is -5.75. The van der Waals surface area contributed by atoms with Gasteiger partial charge < -0.3 is 19.7 Å². The van der Waals surface area contributed by atoms with Gasteiger partial charge in [-0.25, -0.2) is 9.18 Å². The molecule has 1 saturated heterocycles. The second-order valence-electron chi connectivity index (χ2n) is 6.67. The number of carbonyl (C=O) groups is 2. The Morgan fingerprint density at radius 3 is 2.32 bits per heavy atom. The van der Waals surface area contributed by atoms with Gasteiger partial charge in [-0.2, -0.15) is 13.2 Å². The molecule has 1 fully saturated rings. The lowest BCUT2D eigenvalue weighted by Crippen LogP contribution is -2.36. The SMILES string of the molecule is COC(=O)Nc1cc(C(=O)Nc2cc(F)cc(N3CCOCC3)c2)cc(C(F)(F)F)c1. The van der Waals surface area contributed by atoms with E-state index in [1.165, 1.54) is 12.1 Å². The van der Waals surface area contributed by atoms with Crippen molar-refractivity contribution in [2.45, 2.75) is 6.18 Å². The first kappa shape index (κ1) is 22.3. The number of benzene rings is 2. The zero-order chi connectivity index (χ0) is 22.6. The van der Waals surface area contributed by atoms with Crippen LogP contribution in [0.5, 0.6) is 0 Å². The summed E-state index contributed by atoms with van der Waals surface area (Å²) in [5.74, 6) is -1.52. The van der Waals surface area contributed by atoms with Crippen LogP contribution < -0.4 is 15.5 Å². The van der Waals surface area contributed by atoms with Crippen molar-refractivity contribution >= 4 is 29.1 Å². The van der Waals surface area contributed by atoms with Crippen molar-refractivity contribution in [3.63, 3.8) is 0 Å². The lowest BCUT2D eigenvalue weighted by molar-refractivity contribution is -0.137. The number of halogens is 4.